The number of hydrogen-bond acceptors (Lipinski definition) is 2. The molecule has 1 heterocycles. The average molecular weight is 289 g/mol. The number of pyridine rings is 1. The minimum absolute atomic E-state index is 0.238. The first-order chi connectivity index (χ1) is 9.38. The summed E-state index contributed by atoms with van der Waals surface area (Å²) in [6.45, 7) is 7.82. The van der Waals surface area contributed by atoms with Crippen LogP contribution in [0.15, 0.2) is 24.4 Å². The molecule has 0 unspecified atom stereocenters. The van der Waals surface area contributed by atoms with Crippen LogP contribution in [0.2, 0.25) is 5.02 Å². The number of aryl methyl sites for hydroxylation is 4. The van der Waals surface area contributed by atoms with Crippen LogP contribution in [-0.2, 0) is 0 Å². The van der Waals surface area contributed by atoms with E-state index in [2.05, 4.69) is 10.3 Å². The molecule has 0 aliphatic rings. The molecule has 104 valence electrons. The topological polar surface area (TPSA) is 42.0 Å². The SMILES string of the molecule is Cc1cc(C)c(NC(=O)c2cnc(C)cc2Cl)c(C)c1. The lowest BCUT2D eigenvalue weighted by Gasteiger charge is -2.13. The highest BCUT2D eigenvalue weighted by Crippen LogP contribution is 2.24. The first-order valence-electron chi connectivity index (χ1n) is 6.40. The fraction of sp³-hybridized carbons (Fsp3) is 0.250. The molecule has 1 aromatic carbocycles. The fourth-order valence-corrected chi connectivity index (χ4v) is 2.54. The van der Waals surface area contributed by atoms with Gasteiger partial charge in [0.25, 0.3) is 5.91 Å². The number of benzene rings is 1. The van der Waals surface area contributed by atoms with Crippen LogP contribution in [0.1, 0.15) is 32.7 Å². The van der Waals surface area contributed by atoms with Crippen molar-refractivity contribution in [2.75, 3.05) is 5.32 Å². The van der Waals surface area contributed by atoms with Gasteiger partial charge in [-0.3, -0.25) is 9.78 Å². The van der Waals surface area contributed by atoms with Crippen molar-refractivity contribution in [1.29, 1.82) is 0 Å². The zero-order valence-electron chi connectivity index (χ0n) is 12.0. The second-order valence-electron chi connectivity index (χ2n) is 5.03. The third-order valence-electron chi connectivity index (χ3n) is 3.15. The van der Waals surface area contributed by atoms with Crippen LogP contribution in [0.5, 0.6) is 0 Å². The number of halogens is 1. The molecule has 0 spiro atoms. The summed E-state index contributed by atoms with van der Waals surface area (Å²) in [6.07, 6.45) is 1.51. The molecular weight excluding hydrogens is 272 g/mol. The smallest absolute Gasteiger partial charge is 0.258 e. The second kappa shape index (κ2) is 5.63. The predicted octanol–water partition coefficient (Wildman–Crippen LogP) is 4.22. The van der Waals surface area contributed by atoms with Crippen molar-refractivity contribution in [2.45, 2.75) is 27.7 Å². The van der Waals surface area contributed by atoms with E-state index in [4.69, 9.17) is 11.6 Å². The van der Waals surface area contributed by atoms with Crippen LogP contribution in [0.4, 0.5) is 5.69 Å². The maximum atomic E-state index is 12.3. The van der Waals surface area contributed by atoms with Crippen molar-refractivity contribution >= 4 is 23.2 Å². The van der Waals surface area contributed by atoms with Gasteiger partial charge in [-0.05, 0) is 44.9 Å². The predicted molar refractivity (Wildman–Crippen MR) is 82.6 cm³/mol. The van der Waals surface area contributed by atoms with Crippen molar-refractivity contribution in [1.82, 2.24) is 4.98 Å². The van der Waals surface area contributed by atoms with Gasteiger partial charge in [-0.25, -0.2) is 0 Å². The number of nitrogens with one attached hydrogen (secondary N) is 1. The van der Waals surface area contributed by atoms with Gasteiger partial charge in [-0.15, -0.1) is 0 Å². The molecular formula is C16H17ClN2O. The molecule has 0 atom stereocenters. The lowest BCUT2D eigenvalue weighted by Crippen LogP contribution is -2.15. The minimum Gasteiger partial charge on any atom is -0.321 e. The van der Waals surface area contributed by atoms with E-state index in [9.17, 15) is 4.79 Å². The molecule has 0 bridgehead atoms. The Morgan fingerprint density at radius 3 is 2.25 bits per heavy atom. The Balaban J connectivity index is 2.33. The standard InChI is InChI=1S/C16H17ClN2O/c1-9-5-10(2)15(11(3)6-9)19-16(20)13-8-18-12(4)7-14(13)17/h5-8H,1-4H3,(H,19,20). The summed E-state index contributed by atoms with van der Waals surface area (Å²) < 4.78 is 0. The van der Waals surface area contributed by atoms with Crippen LogP contribution >= 0.6 is 11.6 Å². The Kier molecular flexibility index (Phi) is 4.09. The summed E-state index contributed by atoms with van der Waals surface area (Å²) in [7, 11) is 0. The number of anilines is 1. The van der Waals surface area contributed by atoms with Gasteiger partial charge >= 0.3 is 0 Å². The Labute approximate surface area is 124 Å². The first-order valence-corrected chi connectivity index (χ1v) is 6.77. The molecule has 0 fully saturated rings. The van der Waals surface area contributed by atoms with Gasteiger partial charge in [0.15, 0.2) is 0 Å². The van der Waals surface area contributed by atoms with Crippen molar-refractivity contribution in [3.8, 4) is 0 Å². The van der Waals surface area contributed by atoms with Gasteiger partial charge in [0.2, 0.25) is 0 Å². The summed E-state index contributed by atoms with van der Waals surface area (Å²) in [5, 5.41) is 3.33. The number of aromatic nitrogens is 1. The van der Waals surface area contributed by atoms with Crippen LogP contribution < -0.4 is 5.32 Å². The summed E-state index contributed by atoms with van der Waals surface area (Å²) in [5.41, 5.74) is 5.25. The van der Waals surface area contributed by atoms with Crippen LogP contribution in [-0.4, -0.2) is 10.9 Å². The third kappa shape index (κ3) is 2.99. The number of carbonyl (C=O) groups is 1. The first kappa shape index (κ1) is 14.5. The molecule has 3 nitrogen and oxygen atoms in total. The quantitative estimate of drug-likeness (QED) is 0.899. The van der Waals surface area contributed by atoms with Crippen molar-refractivity contribution in [3.63, 3.8) is 0 Å². The summed E-state index contributed by atoms with van der Waals surface area (Å²) >= 11 is 6.09. The fourth-order valence-electron chi connectivity index (χ4n) is 2.25. The largest absolute Gasteiger partial charge is 0.321 e. The molecule has 0 saturated heterocycles. The van der Waals surface area contributed by atoms with Gasteiger partial charge in [-0.1, -0.05) is 29.3 Å². The molecule has 2 rings (SSSR count). The molecule has 1 aromatic heterocycles. The van der Waals surface area contributed by atoms with Crippen molar-refractivity contribution in [3.05, 3.63) is 57.4 Å². The normalized spacial score (nSPS) is 10.4. The lowest BCUT2D eigenvalue weighted by molar-refractivity contribution is 0.102. The minimum atomic E-state index is -0.238. The van der Waals surface area contributed by atoms with E-state index < -0.39 is 0 Å². The molecule has 0 saturated carbocycles. The maximum Gasteiger partial charge on any atom is 0.258 e. The van der Waals surface area contributed by atoms with Gasteiger partial charge in [0.05, 0.1) is 10.6 Å². The van der Waals surface area contributed by atoms with Crippen LogP contribution in [0.3, 0.4) is 0 Å². The number of nitrogens with zero attached hydrogens (tertiary/aromatic N) is 1. The third-order valence-corrected chi connectivity index (χ3v) is 3.46. The maximum absolute atomic E-state index is 12.3. The molecule has 4 heteroatoms. The van der Waals surface area contributed by atoms with Gasteiger partial charge < -0.3 is 5.32 Å². The Hall–Kier alpha value is -1.87. The van der Waals surface area contributed by atoms with E-state index in [0.29, 0.717) is 10.6 Å². The molecule has 0 radical (unpaired) electrons. The Morgan fingerprint density at radius 2 is 1.70 bits per heavy atom. The van der Waals surface area contributed by atoms with E-state index in [1.807, 2.05) is 39.8 Å². The van der Waals surface area contributed by atoms with Gasteiger partial charge in [-0.2, -0.15) is 0 Å². The van der Waals surface area contributed by atoms with Crippen LogP contribution in [0.25, 0.3) is 0 Å². The highest BCUT2D eigenvalue weighted by atomic mass is 35.5. The monoisotopic (exact) mass is 288 g/mol. The lowest BCUT2D eigenvalue weighted by atomic mass is 10.0. The Morgan fingerprint density at radius 1 is 1.10 bits per heavy atom. The van der Waals surface area contributed by atoms with E-state index in [1.165, 1.54) is 11.8 Å². The molecule has 2 aromatic rings. The van der Waals surface area contributed by atoms with Gasteiger partial charge in [0, 0.05) is 17.6 Å². The highest BCUT2D eigenvalue weighted by Gasteiger charge is 2.14. The number of hydrogen-bond donors (Lipinski definition) is 1. The van der Waals surface area contributed by atoms with E-state index >= 15 is 0 Å². The summed E-state index contributed by atoms with van der Waals surface area (Å²) in [4.78, 5) is 16.4. The van der Waals surface area contributed by atoms with E-state index in [1.54, 1.807) is 6.07 Å². The average Bonchev–Trinajstić information content (AvgIpc) is 2.33. The molecule has 0 aliphatic carbocycles. The Bertz CT molecular complexity index is 657. The van der Waals surface area contributed by atoms with E-state index in [-0.39, 0.29) is 5.91 Å². The molecule has 0 aliphatic heterocycles. The highest BCUT2D eigenvalue weighted by molar-refractivity contribution is 6.34. The molecule has 1 amide bonds. The number of carbonyl (C=O) groups excluding carboxylic acids is 1. The molecule has 1 N–H and O–H groups in total. The zero-order valence-corrected chi connectivity index (χ0v) is 12.8. The molecule has 20 heavy (non-hydrogen) atoms. The number of rotatable bonds is 2. The zero-order chi connectivity index (χ0) is 14.9. The van der Waals surface area contributed by atoms with Gasteiger partial charge in [0.1, 0.15) is 0 Å². The van der Waals surface area contributed by atoms with Crippen molar-refractivity contribution < 1.29 is 4.79 Å². The summed E-state index contributed by atoms with van der Waals surface area (Å²) in [5.74, 6) is -0.238. The summed E-state index contributed by atoms with van der Waals surface area (Å²) in [6, 6.07) is 5.76. The van der Waals surface area contributed by atoms with Crippen molar-refractivity contribution in [2.24, 2.45) is 0 Å². The van der Waals surface area contributed by atoms with Crippen LogP contribution in [0, 0.1) is 27.7 Å². The number of amides is 1. The second-order valence-corrected chi connectivity index (χ2v) is 5.44. The van der Waals surface area contributed by atoms with E-state index in [0.717, 1.165) is 22.5 Å².